The van der Waals surface area contributed by atoms with E-state index in [9.17, 15) is 4.79 Å². The van der Waals surface area contributed by atoms with E-state index in [1.54, 1.807) is 0 Å². The van der Waals surface area contributed by atoms with Crippen molar-refractivity contribution >= 4 is 5.91 Å². The van der Waals surface area contributed by atoms with Gasteiger partial charge in [0, 0.05) is 13.0 Å². The molecule has 0 bridgehead atoms. The number of para-hydroxylation sites is 1. The van der Waals surface area contributed by atoms with E-state index in [1.807, 2.05) is 37.3 Å². The van der Waals surface area contributed by atoms with E-state index in [-0.39, 0.29) is 24.2 Å². The van der Waals surface area contributed by atoms with Crippen LogP contribution in [-0.4, -0.2) is 42.5 Å². The molecular weight excluding hydrogens is 246 g/mol. The van der Waals surface area contributed by atoms with Gasteiger partial charge in [-0.2, -0.15) is 0 Å². The zero-order valence-electron chi connectivity index (χ0n) is 10.9. The van der Waals surface area contributed by atoms with Crippen molar-refractivity contribution < 1.29 is 19.4 Å². The fourth-order valence-electron chi connectivity index (χ4n) is 2.17. The Hall–Kier alpha value is -1.59. The van der Waals surface area contributed by atoms with Crippen molar-refractivity contribution in [1.29, 1.82) is 0 Å². The topological polar surface area (TPSA) is 67.8 Å². The standard InChI is InChI=1S/C14H19NO4/c1-2-18-12-8-11(15-13(17)9-16)14(12)19-10-6-4-3-5-7-10/h3-7,11-12,14,16H,2,8-9H2,1H3,(H,15,17)/t11-,12-,14+/m1/s1. The molecule has 3 atom stereocenters. The molecule has 5 heteroatoms. The third kappa shape index (κ3) is 3.45. The fraction of sp³-hybridized carbons (Fsp3) is 0.500. The van der Waals surface area contributed by atoms with Crippen molar-refractivity contribution in [3.05, 3.63) is 30.3 Å². The van der Waals surface area contributed by atoms with Gasteiger partial charge in [0.05, 0.1) is 12.1 Å². The van der Waals surface area contributed by atoms with Gasteiger partial charge in [-0.15, -0.1) is 0 Å². The molecule has 1 aliphatic carbocycles. The summed E-state index contributed by atoms with van der Waals surface area (Å²) in [6.45, 7) is 2.03. The van der Waals surface area contributed by atoms with Gasteiger partial charge in [0.2, 0.25) is 5.91 Å². The number of nitrogens with one attached hydrogen (secondary N) is 1. The zero-order valence-corrected chi connectivity index (χ0v) is 10.9. The van der Waals surface area contributed by atoms with Crippen LogP contribution in [0.4, 0.5) is 0 Å². The third-order valence-electron chi connectivity index (χ3n) is 3.14. The van der Waals surface area contributed by atoms with Gasteiger partial charge in [0.15, 0.2) is 0 Å². The lowest BCUT2D eigenvalue weighted by Crippen LogP contribution is -2.63. The molecule has 2 N–H and O–H groups in total. The molecule has 1 saturated carbocycles. The molecule has 19 heavy (non-hydrogen) atoms. The maximum absolute atomic E-state index is 11.2. The van der Waals surface area contributed by atoms with E-state index < -0.39 is 6.61 Å². The van der Waals surface area contributed by atoms with Crippen LogP contribution in [0.5, 0.6) is 5.75 Å². The summed E-state index contributed by atoms with van der Waals surface area (Å²) in [6.07, 6.45) is 0.476. The molecule has 0 radical (unpaired) electrons. The minimum atomic E-state index is -0.506. The Labute approximate surface area is 112 Å². The Morgan fingerprint density at radius 3 is 2.79 bits per heavy atom. The van der Waals surface area contributed by atoms with Crippen LogP contribution in [0.3, 0.4) is 0 Å². The molecule has 104 valence electrons. The van der Waals surface area contributed by atoms with Crippen LogP contribution in [-0.2, 0) is 9.53 Å². The second-order valence-corrected chi connectivity index (χ2v) is 4.46. The van der Waals surface area contributed by atoms with Crippen LogP contribution >= 0.6 is 0 Å². The molecule has 2 rings (SSSR count). The third-order valence-corrected chi connectivity index (χ3v) is 3.14. The lowest BCUT2D eigenvalue weighted by Gasteiger charge is -2.43. The van der Waals surface area contributed by atoms with Gasteiger partial charge in [-0.25, -0.2) is 0 Å². The first kappa shape index (κ1) is 13.8. The van der Waals surface area contributed by atoms with Crippen molar-refractivity contribution in [2.75, 3.05) is 13.2 Å². The number of benzene rings is 1. The molecule has 0 aromatic heterocycles. The molecular formula is C14H19NO4. The van der Waals surface area contributed by atoms with Crippen molar-refractivity contribution in [1.82, 2.24) is 5.32 Å². The summed E-state index contributed by atoms with van der Waals surface area (Å²) < 4.78 is 11.4. The Morgan fingerprint density at radius 2 is 2.16 bits per heavy atom. The summed E-state index contributed by atoms with van der Waals surface area (Å²) in [4.78, 5) is 11.2. The minimum Gasteiger partial charge on any atom is -0.486 e. The number of amides is 1. The first-order valence-electron chi connectivity index (χ1n) is 6.48. The predicted molar refractivity (Wildman–Crippen MR) is 69.9 cm³/mol. The summed E-state index contributed by atoms with van der Waals surface area (Å²) in [5.74, 6) is 0.363. The van der Waals surface area contributed by atoms with Crippen LogP contribution in [0.15, 0.2) is 30.3 Å². The lowest BCUT2D eigenvalue weighted by molar-refractivity contribution is -0.134. The van der Waals surface area contributed by atoms with E-state index >= 15 is 0 Å². The number of ether oxygens (including phenoxy) is 2. The molecule has 0 unspecified atom stereocenters. The van der Waals surface area contributed by atoms with Crippen molar-refractivity contribution in [3.63, 3.8) is 0 Å². The maximum Gasteiger partial charge on any atom is 0.246 e. The first-order valence-corrected chi connectivity index (χ1v) is 6.48. The minimum absolute atomic E-state index is 0.0193. The highest BCUT2D eigenvalue weighted by Crippen LogP contribution is 2.29. The summed E-state index contributed by atoms with van der Waals surface area (Å²) in [5.41, 5.74) is 0. The largest absolute Gasteiger partial charge is 0.486 e. The number of aliphatic hydroxyl groups is 1. The van der Waals surface area contributed by atoms with Crippen LogP contribution < -0.4 is 10.1 Å². The van der Waals surface area contributed by atoms with Crippen LogP contribution in [0.1, 0.15) is 13.3 Å². The molecule has 0 heterocycles. The quantitative estimate of drug-likeness (QED) is 0.795. The van der Waals surface area contributed by atoms with Crippen LogP contribution in [0, 0.1) is 0 Å². The number of carbonyl (C=O) groups is 1. The van der Waals surface area contributed by atoms with Gasteiger partial charge in [-0.3, -0.25) is 4.79 Å². The van der Waals surface area contributed by atoms with Gasteiger partial charge < -0.3 is 19.9 Å². The van der Waals surface area contributed by atoms with Gasteiger partial charge in [0.25, 0.3) is 0 Å². The lowest BCUT2D eigenvalue weighted by atomic mass is 9.85. The maximum atomic E-state index is 11.2. The Morgan fingerprint density at radius 1 is 1.42 bits per heavy atom. The van der Waals surface area contributed by atoms with Gasteiger partial charge >= 0.3 is 0 Å². The highest BCUT2D eigenvalue weighted by Gasteiger charge is 2.44. The van der Waals surface area contributed by atoms with Crippen molar-refractivity contribution in [2.24, 2.45) is 0 Å². The normalized spacial score (nSPS) is 25.5. The van der Waals surface area contributed by atoms with E-state index in [1.165, 1.54) is 0 Å². The summed E-state index contributed by atoms with van der Waals surface area (Å²) in [7, 11) is 0. The highest BCUT2D eigenvalue weighted by molar-refractivity contribution is 5.77. The first-order chi connectivity index (χ1) is 9.24. The van der Waals surface area contributed by atoms with Gasteiger partial charge in [0.1, 0.15) is 18.5 Å². The molecule has 0 aliphatic heterocycles. The number of hydrogen-bond acceptors (Lipinski definition) is 4. The molecule has 1 fully saturated rings. The van der Waals surface area contributed by atoms with E-state index in [0.717, 1.165) is 5.75 Å². The molecule has 5 nitrogen and oxygen atoms in total. The number of hydrogen-bond donors (Lipinski definition) is 2. The summed E-state index contributed by atoms with van der Waals surface area (Å²) in [6, 6.07) is 9.32. The molecule has 0 spiro atoms. The second-order valence-electron chi connectivity index (χ2n) is 4.46. The molecule has 1 amide bonds. The van der Waals surface area contributed by atoms with Gasteiger partial charge in [-0.05, 0) is 19.1 Å². The second kappa shape index (κ2) is 6.54. The predicted octanol–water partition coefficient (Wildman–Crippen LogP) is 0.720. The Kier molecular flexibility index (Phi) is 4.76. The van der Waals surface area contributed by atoms with Crippen molar-refractivity contribution in [3.8, 4) is 5.75 Å². The smallest absolute Gasteiger partial charge is 0.246 e. The highest BCUT2D eigenvalue weighted by atomic mass is 16.5. The SMILES string of the molecule is CCO[C@@H]1C[C@@H](NC(=O)CO)[C@@H]1Oc1ccccc1. The van der Waals surface area contributed by atoms with E-state index in [2.05, 4.69) is 5.32 Å². The Bertz CT molecular complexity index is 409. The van der Waals surface area contributed by atoms with Crippen molar-refractivity contribution in [2.45, 2.75) is 31.6 Å². The average molecular weight is 265 g/mol. The molecule has 1 aliphatic rings. The van der Waals surface area contributed by atoms with E-state index in [0.29, 0.717) is 13.0 Å². The Balaban J connectivity index is 1.96. The van der Waals surface area contributed by atoms with E-state index in [4.69, 9.17) is 14.6 Å². The number of rotatable bonds is 6. The number of aliphatic hydroxyl groups excluding tert-OH is 1. The molecule has 0 saturated heterocycles. The summed E-state index contributed by atoms with van der Waals surface area (Å²) >= 11 is 0. The monoisotopic (exact) mass is 265 g/mol. The number of carbonyl (C=O) groups excluding carboxylic acids is 1. The molecule has 1 aromatic rings. The van der Waals surface area contributed by atoms with Crippen LogP contribution in [0.25, 0.3) is 0 Å². The van der Waals surface area contributed by atoms with Crippen LogP contribution in [0.2, 0.25) is 0 Å². The zero-order chi connectivity index (χ0) is 13.7. The fourth-order valence-corrected chi connectivity index (χ4v) is 2.17. The van der Waals surface area contributed by atoms with Gasteiger partial charge in [-0.1, -0.05) is 18.2 Å². The average Bonchev–Trinajstić information content (AvgIpc) is 2.44. The molecule has 1 aromatic carbocycles. The summed E-state index contributed by atoms with van der Waals surface area (Å²) in [5, 5.41) is 11.5.